The van der Waals surface area contributed by atoms with E-state index in [0.717, 1.165) is 6.42 Å². The van der Waals surface area contributed by atoms with Gasteiger partial charge in [-0.1, -0.05) is 11.6 Å². The Morgan fingerprint density at radius 3 is 2.87 bits per heavy atom. The Morgan fingerprint density at radius 1 is 1.35 bits per heavy atom. The Hall–Kier alpha value is -1.62. The summed E-state index contributed by atoms with van der Waals surface area (Å²) in [4.78, 5) is 0.0793. The third-order valence-corrected chi connectivity index (χ3v) is 7.15. The molecule has 3 N–H and O–H groups in total. The molecule has 1 saturated heterocycles. The number of methoxy groups -OCH3 is 1. The van der Waals surface area contributed by atoms with E-state index in [0.29, 0.717) is 49.1 Å². The van der Waals surface area contributed by atoms with Crippen molar-refractivity contribution >= 4 is 27.3 Å². The lowest BCUT2D eigenvalue weighted by Crippen LogP contribution is -2.39. The van der Waals surface area contributed by atoms with Crippen molar-refractivity contribution in [1.29, 1.82) is 0 Å². The number of rotatable bonds is 11. The van der Waals surface area contributed by atoms with Crippen molar-refractivity contribution in [2.45, 2.75) is 36.2 Å². The first-order chi connectivity index (χ1) is 14.9. The van der Waals surface area contributed by atoms with Crippen molar-refractivity contribution in [2.75, 3.05) is 38.9 Å². The van der Waals surface area contributed by atoms with E-state index in [2.05, 4.69) is 10.0 Å². The van der Waals surface area contributed by atoms with Gasteiger partial charge < -0.3 is 24.3 Å². The predicted molar refractivity (Wildman–Crippen MR) is 118 cm³/mol. The van der Waals surface area contributed by atoms with Crippen LogP contribution in [0.2, 0.25) is 5.02 Å². The molecule has 3 atom stereocenters. The van der Waals surface area contributed by atoms with Crippen LogP contribution in [0.3, 0.4) is 0 Å². The molecule has 0 aliphatic carbocycles. The number of ether oxygens (including phenoxy) is 2. The molecule has 10 heteroatoms. The van der Waals surface area contributed by atoms with Crippen LogP contribution >= 0.6 is 11.6 Å². The minimum Gasteiger partial charge on any atom is -0.469 e. The van der Waals surface area contributed by atoms with E-state index in [4.69, 9.17) is 25.5 Å². The molecule has 0 saturated carbocycles. The van der Waals surface area contributed by atoms with Gasteiger partial charge in [0.1, 0.15) is 5.76 Å². The first-order valence-corrected chi connectivity index (χ1v) is 12.1. The molecule has 2 heterocycles. The predicted octanol–water partition coefficient (Wildman–Crippen LogP) is 2.67. The Bertz CT molecular complexity index is 922. The summed E-state index contributed by atoms with van der Waals surface area (Å²) in [5, 5.41) is 13.1. The van der Waals surface area contributed by atoms with E-state index in [1.54, 1.807) is 31.6 Å². The highest BCUT2D eigenvalue weighted by Crippen LogP contribution is 2.28. The molecule has 0 spiro atoms. The van der Waals surface area contributed by atoms with Crippen LogP contribution in [-0.2, 0) is 25.9 Å². The second-order valence-electron chi connectivity index (χ2n) is 7.58. The zero-order valence-electron chi connectivity index (χ0n) is 17.4. The summed E-state index contributed by atoms with van der Waals surface area (Å²) in [5.41, 5.74) is 0.623. The number of aliphatic hydroxyl groups is 1. The number of halogens is 1. The molecule has 2 aromatic rings. The molecular weight excluding hydrogens is 444 g/mol. The highest BCUT2D eigenvalue weighted by Gasteiger charge is 2.26. The van der Waals surface area contributed by atoms with E-state index in [1.165, 1.54) is 12.1 Å². The lowest BCUT2D eigenvalue weighted by atomic mass is 9.96. The number of hydrogen-bond donors (Lipinski definition) is 3. The largest absolute Gasteiger partial charge is 0.469 e. The van der Waals surface area contributed by atoms with Crippen molar-refractivity contribution < 1.29 is 27.4 Å². The van der Waals surface area contributed by atoms with Crippen LogP contribution in [0.1, 0.15) is 18.6 Å². The van der Waals surface area contributed by atoms with Gasteiger partial charge >= 0.3 is 0 Å². The van der Waals surface area contributed by atoms with E-state index in [9.17, 15) is 13.5 Å². The maximum atomic E-state index is 13.0. The van der Waals surface area contributed by atoms with Crippen molar-refractivity contribution in [2.24, 2.45) is 5.92 Å². The Balaban J connectivity index is 1.71. The topological polar surface area (TPSA) is 110 Å². The Kier molecular flexibility index (Phi) is 8.76. The van der Waals surface area contributed by atoms with Gasteiger partial charge in [-0.15, -0.1) is 0 Å². The van der Waals surface area contributed by atoms with Crippen molar-refractivity contribution in [1.82, 2.24) is 4.72 Å². The minimum absolute atomic E-state index is 0.00329. The summed E-state index contributed by atoms with van der Waals surface area (Å²) < 4.78 is 44.6. The van der Waals surface area contributed by atoms with E-state index >= 15 is 0 Å². The van der Waals surface area contributed by atoms with E-state index < -0.39 is 10.0 Å². The van der Waals surface area contributed by atoms with Crippen LogP contribution < -0.4 is 10.0 Å². The second-order valence-corrected chi connectivity index (χ2v) is 9.70. The van der Waals surface area contributed by atoms with Gasteiger partial charge in [0.15, 0.2) is 0 Å². The highest BCUT2D eigenvalue weighted by molar-refractivity contribution is 7.89. The van der Waals surface area contributed by atoms with Crippen LogP contribution in [0.5, 0.6) is 0 Å². The van der Waals surface area contributed by atoms with Gasteiger partial charge in [0, 0.05) is 44.7 Å². The summed E-state index contributed by atoms with van der Waals surface area (Å²) in [6.45, 7) is 1.49. The van der Waals surface area contributed by atoms with Gasteiger partial charge in [-0.3, -0.25) is 0 Å². The molecule has 172 valence electrons. The van der Waals surface area contributed by atoms with Gasteiger partial charge in [0.05, 0.1) is 35.1 Å². The fourth-order valence-corrected chi connectivity index (χ4v) is 5.16. The van der Waals surface area contributed by atoms with Crippen molar-refractivity contribution in [3.05, 3.63) is 47.4 Å². The second kappa shape index (κ2) is 11.3. The van der Waals surface area contributed by atoms with Crippen molar-refractivity contribution in [3.63, 3.8) is 0 Å². The average molecular weight is 473 g/mol. The van der Waals surface area contributed by atoms with E-state index in [-0.39, 0.29) is 29.5 Å². The summed E-state index contributed by atoms with van der Waals surface area (Å²) >= 11 is 6.40. The van der Waals surface area contributed by atoms with E-state index in [1.807, 2.05) is 0 Å². The quantitative estimate of drug-likeness (QED) is 0.461. The normalized spacial score (nSPS) is 20.5. The Morgan fingerprint density at radius 2 is 2.19 bits per heavy atom. The van der Waals surface area contributed by atoms with Gasteiger partial charge in [0.2, 0.25) is 10.0 Å². The number of nitrogens with one attached hydrogen (secondary N) is 2. The van der Waals surface area contributed by atoms with Crippen LogP contribution in [-0.4, -0.2) is 59.1 Å². The smallest absolute Gasteiger partial charge is 0.240 e. The van der Waals surface area contributed by atoms with Crippen LogP contribution in [0.25, 0.3) is 0 Å². The van der Waals surface area contributed by atoms with Crippen LogP contribution in [0.4, 0.5) is 5.69 Å². The maximum absolute atomic E-state index is 13.0. The molecule has 0 radical (unpaired) electrons. The van der Waals surface area contributed by atoms with Crippen LogP contribution in [0.15, 0.2) is 45.9 Å². The number of aliphatic hydroxyl groups excluding tert-OH is 1. The fraction of sp³-hybridized carbons (Fsp3) is 0.524. The first kappa shape index (κ1) is 24.0. The summed E-state index contributed by atoms with van der Waals surface area (Å²) in [5.74, 6) is 0.648. The molecule has 0 bridgehead atoms. The summed E-state index contributed by atoms with van der Waals surface area (Å²) in [6, 6.07) is 7.79. The zero-order valence-corrected chi connectivity index (χ0v) is 19.0. The molecule has 1 fully saturated rings. The average Bonchev–Trinajstić information content (AvgIpc) is 3.26. The van der Waals surface area contributed by atoms with Crippen molar-refractivity contribution in [3.8, 4) is 0 Å². The number of benzene rings is 1. The SMILES string of the molecule is COCCC(Cc1ccco1)NS(=O)(=O)c1ccc(N[C@@H]2CCOC[C@@H]2CO)c(Cl)c1. The number of furan rings is 1. The number of sulfonamides is 1. The molecular formula is C21H29ClN2O6S. The monoisotopic (exact) mass is 472 g/mol. The van der Waals surface area contributed by atoms with Gasteiger partial charge in [-0.25, -0.2) is 13.1 Å². The van der Waals surface area contributed by atoms with Gasteiger partial charge in [-0.2, -0.15) is 0 Å². The summed E-state index contributed by atoms with van der Waals surface area (Å²) in [6.07, 6.45) is 3.20. The number of hydrogen-bond acceptors (Lipinski definition) is 7. The molecule has 3 rings (SSSR count). The highest BCUT2D eigenvalue weighted by atomic mass is 35.5. The third kappa shape index (κ3) is 6.68. The van der Waals surface area contributed by atoms with Crippen LogP contribution in [0, 0.1) is 5.92 Å². The third-order valence-electron chi connectivity index (χ3n) is 5.32. The minimum atomic E-state index is -3.80. The molecule has 1 aliphatic heterocycles. The standard InChI is InChI=1S/C21H29ClN2O6S/c1-28-9-6-16(11-17-3-2-8-30-17)24-31(26,27)18-4-5-21(19(22)12-18)23-20-7-10-29-14-15(20)13-25/h2-5,8,12,15-16,20,23-25H,6-7,9-11,13-14H2,1H3/t15-,16?,20+/m0/s1. The molecule has 8 nitrogen and oxygen atoms in total. The molecule has 1 aliphatic rings. The zero-order chi connectivity index (χ0) is 22.3. The molecule has 0 amide bonds. The lowest BCUT2D eigenvalue weighted by Gasteiger charge is -2.32. The first-order valence-electron chi connectivity index (χ1n) is 10.2. The molecule has 1 aromatic heterocycles. The summed E-state index contributed by atoms with van der Waals surface area (Å²) in [7, 11) is -2.23. The maximum Gasteiger partial charge on any atom is 0.240 e. The Labute approximate surface area is 187 Å². The molecule has 1 unspecified atom stereocenters. The lowest BCUT2D eigenvalue weighted by molar-refractivity contribution is 0.0226. The van der Waals surface area contributed by atoms with Gasteiger partial charge in [0.25, 0.3) is 0 Å². The fourth-order valence-electron chi connectivity index (χ4n) is 3.57. The number of anilines is 1. The van der Waals surface area contributed by atoms with Gasteiger partial charge in [-0.05, 0) is 43.2 Å². The molecule has 31 heavy (non-hydrogen) atoms. The molecule has 1 aromatic carbocycles.